The van der Waals surface area contributed by atoms with Crippen LogP contribution in [0.15, 0.2) is 78.9 Å². The topological polar surface area (TPSA) is 208 Å². The normalized spacial score (nSPS) is 18.4. The van der Waals surface area contributed by atoms with Crippen LogP contribution in [0.4, 0.5) is 0 Å². The van der Waals surface area contributed by atoms with Crippen LogP contribution in [0.1, 0.15) is 86.9 Å². The molecule has 338 valence electrons. The Bertz CT molecular complexity index is 1770. The molecule has 4 unspecified atom stereocenters. The molecule has 3 saturated heterocycles. The predicted octanol–water partition coefficient (Wildman–Crippen LogP) is 4.00. The number of para-hydroxylation sites is 1. The van der Waals surface area contributed by atoms with E-state index in [2.05, 4.69) is 25.0 Å². The predicted molar refractivity (Wildman–Crippen MR) is 231 cm³/mol. The molecule has 2 aromatic rings. The number of carbonyl (C=O) groups excluding carboxylic acids is 5. The van der Waals surface area contributed by atoms with Crippen LogP contribution in [-0.4, -0.2) is 150 Å². The van der Waals surface area contributed by atoms with Gasteiger partial charge in [-0.15, -0.1) is 13.2 Å². The number of aliphatic hydroxyl groups is 1. The van der Waals surface area contributed by atoms with Crippen molar-refractivity contribution >= 4 is 35.6 Å². The van der Waals surface area contributed by atoms with Crippen LogP contribution in [0.25, 0.3) is 0 Å². The molecular weight excluding hydrogens is 785 g/mol. The maximum absolute atomic E-state index is 12.2. The van der Waals surface area contributed by atoms with Gasteiger partial charge in [-0.3, -0.25) is 29.0 Å². The van der Waals surface area contributed by atoms with Gasteiger partial charge in [-0.25, -0.2) is 4.79 Å². The fourth-order valence-corrected chi connectivity index (χ4v) is 6.47. The highest BCUT2D eigenvalue weighted by molar-refractivity contribution is 6.04. The average molecular weight is 853 g/mol. The number of likely N-dealkylation sites (N-methyl/N-ethyl adjacent to an activating group) is 1. The Balaban J connectivity index is 0.000000412. The number of benzene rings is 2. The molecule has 0 aromatic heterocycles. The molecule has 15 heteroatoms. The van der Waals surface area contributed by atoms with Crippen molar-refractivity contribution in [2.75, 3.05) is 67.5 Å². The fourth-order valence-electron chi connectivity index (χ4n) is 6.47. The Morgan fingerprint density at radius 3 is 1.66 bits per heavy atom. The van der Waals surface area contributed by atoms with E-state index in [9.17, 15) is 39.0 Å². The van der Waals surface area contributed by atoms with Gasteiger partial charge in [0.2, 0.25) is 23.6 Å². The first-order valence-electron chi connectivity index (χ1n) is 20.5. The average Bonchev–Trinajstić information content (AvgIpc) is 3.84. The highest BCUT2D eigenvalue weighted by atomic mass is 16.6. The van der Waals surface area contributed by atoms with Crippen LogP contribution >= 0.6 is 0 Å². The molecule has 5 rings (SSSR count). The molecule has 2 aromatic carbocycles. The van der Waals surface area contributed by atoms with Gasteiger partial charge in [-0.2, -0.15) is 0 Å². The summed E-state index contributed by atoms with van der Waals surface area (Å²) in [5.41, 5.74) is 2.06. The number of carboxylic acid groups (broad SMARTS) is 2. The van der Waals surface area contributed by atoms with E-state index in [4.69, 9.17) is 14.9 Å². The highest BCUT2D eigenvalue weighted by Gasteiger charge is 2.39. The lowest BCUT2D eigenvalue weighted by Gasteiger charge is -2.31. The summed E-state index contributed by atoms with van der Waals surface area (Å²) in [5, 5.41) is 36.9. The number of carboxylic acids is 2. The summed E-state index contributed by atoms with van der Waals surface area (Å²) in [5.74, 6) is -2.98. The minimum absolute atomic E-state index is 0.0169. The molecule has 3 heterocycles. The molecule has 61 heavy (non-hydrogen) atoms. The molecule has 3 aliphatic heterocycles. The summed E-state index contributed by atoms with van der Waals surface area (Å²) < 4.78 is 5.39. The number of rotatable bonds is 16. The number of hydrogen-bond donors (Lipinski definition) is 3. The molecule has 3 fully saturated rings. The van der Waals surface area contributed by atoms with Crippen molar-refractivity contribution in [3.05, 3.63) is 90.0 Å². The molecule has 0 saturated carbocycles. The molecule has 4 amide bonds. The standard InChI is InChI=1S/C16H29N2O3.C13H22N2O2.C7H6O3.C7H6O2.C3H6O/c1-12(2)9-14-10-15(20)17(16(14)21)7-6-8-18(4,5)11-13(3)19;1-10(2)8-11-9-12(16)15(13(11)17)7-5-6-14(3)4;8-6-4-2-1-3-5(6)7(9)10;8-7(9)6-4-2-1-3-5-6;1-3-2-4-3/h13-14,19H,1,6-11H2,2-5H3;11H,1,5-9H2,2-4H3;1-4,8H,(H,9,10);1-5H,(H,8,9);3H,2H2,1H3/q+1;;;;/p-1. The number of quaternary nitrogens is 1. The van der Waals surface area contributed by atoms with Crippen molar-refractivity contribution in [3.8, 4) is 5.75 Å². The van der Waals surface area contributed by atoms with Crippen molar-refractivity contribution < 1.29 is 58.4 Å². The largest absolute Gasteiger partial charge is 0.545 e. The van der Waals surface area contributed by atoms with E-state index < -0.39 is 11.9 Å². The fraction of sp³-hybridized carbons (Fsp3) is 0.522. The molecule has 0 bridgehead atoms. The summed E-state index contributed by atoms with van der Waals surface area (Å²) in [6.45, 7) is 19.6. The van der Waals surface area contributed by atoms with Crippen LogP contribution in [0.3, 0.4) is 0 Å². The second-order valence-corrected chi connectivity index (χ2v) is 16.7. The molecule has 15 nitrogen and oxygen atoms in total. The van der Waals surface area contributed by atoms with Gasteiger partial charge < -0.3 is 39.3 Å². The number of hydrogen-bond acceptors (Lipinski definition) is 11. The number of epoxide rings is 1. The number of phenols is 1. The maximum Gasteiger partial charge on any atom is 0.339 e. The lowest BCUT2D eigenvalue weighted by Crippen LogP contribution is -2.46. The number of nitrogens with zero attached hydrogens (tertiary/aromatic N) is 4. The van der Waals surface area contributed by atoms with E-state index in [1.54, 1.807) is 37.3 Å². The Morgan fingerprint density at radius 2 is 1.31 bits per heavy atom. The zero-order valence-electron chi connectivity index (χ0n) is 37.3. The third kappa shape index (κ3) is 22.3. The number of likely N-dealkylation sites (tertiary alicyclic amines) is 2. The minimum atomic E-state index is -1.13. The molecule has 0 spiro atoms. The minimum Gasteiger partial charge on any atom is -0.545 e. The number of imide groups is 2. The Kier molecular flexibility index (Phi) is 23.7. The highest BCUT2D eigenvalue weighted by Crippen LogP contribution is 2.26. The van der Waals surface area contributed by atoms with Gasteiger partial charge in [0.15, 0.2) is 0 Å². The van der Waals surface area contributed by atoms with Crippen LogP contribution in [0.5, 0.6) is 5.75 Å². The second-order valence-electron chi connectivity index (χ2n) is 16.7. The molecule has 0 aliphatic carbocycles. The van der Waals surface area contributed by atoms with Gasteiger partial charge in [0, 0.05) is 32.4 Å². The zero-order valence-corrected chi connectivity index (χ0v) is 37.3. The van der Waals surface area contributed by atoms with E-state index in [-0.39, 0.29) is 58.4 Å². The Hall–Kier alpha value is -5.22. The first kappa shape index (κ1) is 53.8. The third-order valence-electron chi connectivity index (χ3n) is 9.40. The van der Waals surface area contributed by atoms with Gasteiger partial charge in [0.05, 0.1) is 51.2 Å². The van der Waals surface area contributed by atoms with Crippen molar-refractivity contribution in [1.29, 1.82) is 0 Å². The van der Waals surface area contributed by atoms with Crippen molar-refractivity contribution in [3.63, 3.8) is 0 Å². The Labute approximate surface area is 361 Å². The summed E-state index contributed by atoms with van der Waals surface area (Å²) in [6, 6.07) is 13.9. The lowest BCUT2D eigenvalue weighted by molar-refractivity contribution is -0.893. The summed E-state index contributed by atoms with van der Waals surface area (Å²) >= 11 is 0. The molecule has 4 atom stereocenters. The van der Waals surface area contributed by atoms with Crippen LogP contribution < -0.4 is 5.11 Å². The molecule has 3 aliphatic rings. The van der Waals surface area contributed by atoms with Gasteiger partial charge in [-0.1, -0.05) is 53.6 Å². The van der Waals surface area contributed by atoms with E-state index in [1.807, 2.05) is 42.0 Å². The second kappa shape index (κ2) is 26.9. The summed E-state index contributed by atoms with van der Waals surface area (Å²) in [4.78, 5) is 73.1. The molecule has 3 N–H and O–H groups in total. The first-order chi connectivity index (χ1) is 28.4. The van der Waals surface area contributed by atoms with E-state index in [0.717, 1.165) is 43.7 Å². The van der Waals surface area contributed by atoms with E-state index in [0.29, 0.717) is 55.9 Å². The van der Waals surface area contributed by atoms with Crippen molar-refractivity contribution in [1.82, 2.24) is 14.7 Å². The molecular formula is C46H68N4O11. The lowest BCUT2D eigenvalue weighted by atomic mass is 10.00. The first-order valence-corrected chi connectivity index (χ1v) is 20.5. The van der Waals surface area contributed by atoms with Crippen LogP contribution in [-0.2, 0) is 23.9 Å². The number of aromatic carboxylic acids is 2. The van der Waals surface area contributed by atoms with Gasteiger partial charge in [0.1, 0.15) is 24.0 Å². The maximum atomic E-state index is 12.2. The number of aliphatic hydroxyl groups excluding tert-OH is 1. The number of amides is 4. The number of ether oxygens (including phenoxy) is 1. The van der Waals surface area contributed by atoms with Crippen LogP contribution in [0.2, 0.25) is 0 Å². The number of allylic oxidation sites excluding steroid dienone is 2. The van der Waals surface area contributed by atoms with Crippen LogP contribution in [0, 0.1) is 11.8 Å². The Morgan fingerprint density at radius 1 is 0.869 bits per heavy atom. The smallest absolute Gasteiger partial charge is 0.339 e. The number of carbonyl (C=O) groups is 6. The third-order valence-corrected chi connectivity index (χ3v) is 9.40. The SMILES string of the molecule is C=C(C)CC1CC(=O)N(CCCN(C)C)C1=O.C=C(C)CC1CC(=O)N(CCC[N+](C)(C)CC(C)O)C1=O.CC1CO1.O=C(O)c1ccccc1O.O=C([O-])c1ccccc1. The van der Waals surface area contributed by atoms with Gasteiger partial charge in [0.25, 0.3) is 0 Å². The van der Waals surface area contributed by atoms with Gasteiger partial charge >= 0.3 is 5.97 Å². The van der Waals surface area contributed by atoms with E-state index in [1.165, 1.54) is 34.1 Å². The van der Waals surface area contributed by atoms with E-state index >= 15 is 0 Å². The summed E-state index contributed by atoms with van der Waals surface area (Å²) in [7, 11) is 8.06. The van der Waals surface area contributed by atoms with Gasteiger partial charge in [-0.05, 0) is 85.3 Å². The monoisotopic (exact) mass is 852 g/mol. The summed E-state index contributed by atoms with van der Waals surface area (Å²) in [6.07, 6.45) is 3.74. The van der Waals surface area contributed by atoms with Crippen molar-refractivity contribution in [2.24, 2.45) is 11.8 Å². The molecule has 0 radical (unpaired) electrons. The number of aromatic hydroxyl groups is 1. The quantitative estimate of drug-likeness (QED) is 0.0948. The zero-order chi connectivity index (χ0) is 46.4. The van der Waals surface area contributed by atoms with Crippen molar-refractivity contribution in [2.45, 2.75) is 78.4 Å².